The summed E-state index contributed by atoms with van der Waals surface area (Å²) in [6, 6.07) is 13.8. The van der Waals surface area contributed by atoms with Crippen LogP contribution in [0.15, 0.2) is 53.4 Å². The molecule has 0 saturated carbocycles. The predicted octanol–water partition coefficient (Wildman–Crippen LogP) is 4.82. The fourth-order valence-corrected chi connectivity index (χ4v) is 7.99. The number of halogens is 1. The second kappa shape index (κ2) is 9.53. The van der Waals surface area contributed by atoms with E-state index in [9.17, 15) is 13.2 Å². The van der Waals surface area contributed by atoms with Crippen molar-refractivity contribution in [2.75, 3.05) is 24.6 Å². The molecule has 2 saturated heterocycles. The molecule has 2 fully saturated rings. The van der Waals surface area contributed by atoms with Gasteiger partial charge in [-0.25, -0.2) is 8.42 Å². The summed E-state index contributed by atoms with van der Waals surface area (Å²) in [7, 11) is -3.58. The molecule has 2 aromatic carbocycles. The third kappa shape index (κ3) is 4.99. The third-order valence-electron chi connectivity index (χ3n) is 5.23. The Balaban J connectivity index is 1.32. The molecule has 0 spiro atoms. The van der Waals surface area contributed by atoms with E-state index in [1.165, 1.54) is 33.5 Å². The molecule has 0 radical (unpaired) electrons. The Bertz CT molecular complexity index is 982. The molecular weight excluding hydrogens is 462 g/mol. The number of hydrogen-bond acceptors (Lipinski definition) is 6. The molecule has 0 atom stereocenters. The van der Waals surface area contributed by atoms with Gasteiger partial charge in [0.05, 0.1) is 15.4 Å². The zero-order chi connectivity index (χ0) is 21.1. The second-order valence-electron chi connectivity index (χ2n) is 7.20. The van der Waals surface area contributed by atoms with Crippen molar-refractivity contribution >= 4 is 51.1 Å². The number of carbonyl (C=O) groups excluding carboxylic acids is 1. The van der Waals surface area contributed by atoms with Crippen molar-refractivity contribution in [3.8, 4) is 5.75 Å². The Morgan fingerprint density at radius 2 is 1.57 bits per heavy atom. The minimum atomic E-state index is -3.58. The van der Waals surface area contributed by atoms with E-state index in [4.69, 9.17) is 16.3 Å². The van der Waals surface area contributed by atoms with E-state index in [0.29, 0.717) is 41.3 Å². The number of thioether (sulfide) groups is 2. The SMILES string of the molecule is O=C(Oc1ccc(C2SCCS2)cc1)C1CCN(S(=O)(=O)c2ccc(Cl)cc2)CC1. The summed E-state index contributed by atoms with van der Waals surface area (Å²) in [4.78, 5) is 12.8. The summed E-state index contributed by atoms with van der Waals surface area (Å²) in [6.45, 7) is 0.583. The van der Waals surface area contributed by atoms with Crippen LogP contribution >= 0.6 is 35.1 Å². The first-order valence-electron chi connectivity index (χ1n) is 9.74. The number of hydrogen-bond donors (Lipinski definition) is 0. The number of carbonyl (C=O) groups is 1. The third-order valence-corrected chi connectivity index (χ3v) is 10.5. The van der Waals surface area contributed by atoms with E-state index in [0.717, 1.165) is 0 Å². The molecule has 4 rings (SSSR count). The van der Waals surface area contributed by atoms with Crippen molar-refractivity contribution in [1.29, 1.82) is 0 Å². The van der Waals surface area contributed by atoms with Gasteiger partial charge in [-0.15, -0.1) is 23.5 Å². The molecule has 2 aliphatic heterocycles. The largest absolute Gasteiger partial charge is 0.426 e. The number of nitrogens with zero attached hydrogens (tertiary/aromatic N) is 1. The van der Waals surface area contributed by atoms with Gasteiger partial charge < -0.3 is 4.74 Å². The number of piperidine rings is 1. The molecule has 0 unspecified atom stereocenters. The minimum absolute atomic E-state index is 0.214. The van der Waals surface area contributed by atoms with Crippen molar-refractivity contribution in [3.05, 3.63) is 59.1 Å². The zero-order valence-electron chi connectivity index (χ0n) is 16.2. The smallest absolute Gasteiger partial charge is 0.314 e. The topological polar surface area (TPSA) is 63.7 Å². The fraction of sp³-hybridized carbons (Fsp3) is 0.381. The highest BCUT2D eigenvalue weighted by atomic mass is 35.5. The maximum atomic E-state index is 12.8. The van der Waals surface area contributed by atoms with Gasteiger partial charge in [0.2, 0.25) is 10.0 Å². The van der Waals surface area contributed by atoms with Crippen LogP contribution in [-0.2, 0) is 14.8 Å². The zero-order valence-corrected chi connectivity index (χ0v) is 19.4. The summed E-state index contributed by atoms with van der Waals surface area (Å²) >= 11 is 9.72. The summed E-state index contributed by atoms with van der Waals surface area (Å²) < 4.78 is 33.0. The molecule has 2 heterocycles. The van der Waals surface area contributed by atoms with Gasteiger partial charge in [-0.3, -0.25) is 4.79 Å². The predicted molar refractivity (Wildman–Crippen MR) is 123 cm³/mol. The standard InChI is InChI=1S/C21H22ClNO4S3/c22-17-3-7-19(8-4-17)30(25,26)23-11-9-15(10-12-23)20(24)27-18-5-1-16(2-6-18)21-28-13-14-29-21/h1-8,15,21H,9-14H2. The first-order chi connectivity index (χ1) is 14.4. The molecule has 0 N–H and O–H groups in total. The lowest BCUT2D eigenvalue weighted by atomic mass is 9.98. The van der Waals surface area contributed by atoms with E-state index in [2.05, 4.69) is 0 Å². The first-order valence-corrected chi connectivity index (χ1v) is 13.7. The first kappa shape index (κ1) is 22.0. The van der Waals surface area contributed by atoms with Gasteiger partial charge >= 0.3 is 5.97 Å². The molecule has 160 valence electrons. The lowest BCUT2D eigenvalue weighted by Gasteiger charge is -2.30. The van der Waals surface area contributed by atoms with Crippen LogP contribution in [0.25, 0.3) is 0 Å². The van der Waals surface area contributed by atoms with E-state index in [-0.39, 0.29) is 16.8 Å². The van der Waals surface area contributed by atoms with Crippen molar-refractivity contribution in [1.82, 2.24) is 4.31 Å². The lowest BCUT2D eigenvalue weighted by Crippen LogP contribution is -2.41. The van der Waals surface area contributed by atoms with Gasteiger partial charge in [0.15, 0.2) is 0 Å². The summed E-state index contributed by atoms with van der Waals surface area (Å²) in [6.07, 6.45) is 0.887. The van der Waals surface area contributed by atoms with Gasteiger partial charge in [-0.1, -0.05) is 23.7 Å². The molecule has 0 bridgehead atoms. The van der Waals surface area contributed by atoms with Crippen molar-refractivity contribution in [2.24, 2.45) is 5.92 Å². The van der Waals surface area contributed by atoms with Gasteiger partial charge in [0, 0.05) is 29.6 Å². The number of benzene rings is 2. The van der Waals surface area contributed by atoms with Crippen LogP contribution in [0.4, 0.5) is 0 Å². The maximum absolute atomic E-state index is 12.8. The Morgan fingerprint density at radius 3 is 2.17 bits per heavy atom. The molecule has 0 aromatic heterocycles. The average Bonchev–Trinajstić information content (AvgIpc) is 3.30. The van der Waals surface area contributed by atoms with E-state index in [1.54, 1.807) is 12.1 Å². The van der Waals surface area contributed by atoms with Gasteiger partial charge in [-0.2, -0.15) is 4.31 Å². The van der Waals surface area contributed by atoms with E-state index in [1.807, 2.05) is 47.8 Å². The Labute approximate surface area is 190 Å². The fourth-order valence-electron chi connectivity index (χ4n) is 3.53. The van der Waals surface area contributed by atoms with Crippen LogP contribution in [0.3, 0.4) is 0 Å². The van der Waals surface area contributed by atoms with Crippen molar-refractivity contribution in [3.63, 3.8) is 0 Å². The molecule has 2 aliphatic rings. The molecule has 0 aliphatic carbocycles. The van der Waals surface area contributed by atoms with Crippen molar-refractivity contribution in [2.45, 2.75) is 22.3 Å². The number of rotatable bonds is 5. The van der Waals surface area contributed by atoms with Crippen LogP contribution < -0.4 is 4.74 Å². The molecule has 5 nitrogen and oxygen atoms in total. The highest BCUT2D eigenvalue weighted by molar-refractivity contribution is 8.19. The second-order valence-corrected chi connectivity index (χ2v) is 12.3. The highest BCUT2D eigenvalue weighted by Crippen LogP contribution is 2.45. The van der Waals surface area contributed by atoms with Crippen LogP contribution in [-0.4, -0.2) is 43.3 Å². The minimum Gasteiger partial charge on any atom is -0.426 e. The average molecular weight is 484 g/mol. The van der Waals surface area contributed by atoms with Crippen LogP contribution in [0.1, 0.15) is 23.0 Å². The summed E-state index contributed by atoms with van der Waals surface area (Å²) in [5, 5.41) is 0.490. The highest BCUT2D eigenvalue weighted by Gasteiger charge is 2.33. The van der Waals surface area contributed by atoms with Gasteiger partial charge in [0.25, 0.3) is 0 Å². The molecule has 30 heavy (non-hydrogen) atoms. The Kier molecular flexibility index (Phi) is 6.99. The summed E-state index contributed by atoms with van der Waals surface area (Å²) in [5.41, 5.74) is 1.24. The Morgan fingerprint density at radius 1 is 0.967 bits per heavy atom. The van der Waals surface area contributed by atoms with E-state index >= 15 is 0 Å². The quantitative estimate of drug-likeness (QED) is 0.448. The van der Waals surface area contributed by atoms with Crippen LogP contribution in [0.2, 0.25) is 5.02 Å². The van der Waals surface area contributed by atoms with Crippen LogP contribution in [0, 0.1) is 5.92 Å². The molecule has 0 amide bonds. The monoisotopic (exact) mass is 483 g/mol. The Hall–Kier alpha value is -1.19. The van der Waals surface area contributed by atoms with Gasteiger partial charge in [-0.05, 0) is 54.8 Å². The number of ether oxygens (including phenoxy) is 1. The van der Waals surface area contributed by atoms with Gasteiger partial charge in [0.1, 0.15) is 5.75 Å². The lowest BCUT2D eigenvalue weighted by molar-refractivity contribution is -0.140. The normalized spacial score (nSPS) is 19.1. The maximum Gasteiger partial charge on any atom is 0.314 e. The molecular formula is C21H22ClNO4S3. The van der Waals surface area contributed by atoms with E-state index < -0.39 is 10.0 Å². The van der Waals surface area contributed by atoms with Crippen LogP contribution in [0.5, 0.6) is 5.75 Å². The molecule has 2 aromatic rings. The molecule has 9 heteroatoms. The number of sulfonamides is 1. The summed E-state index contributed by atoms with van der Waals surface area (Å²) in [5.74, 6) is 2.27. The van der Waals surface area contributed by atoms with Crippen molar-refractivity contribution < 1.29 is 17.9 Å². The number of esters is 1.